The molecule has 92 valence electrons. The summed E-state index contributed by atoms with van der Waals surface area (Å²) in [6, 6.07) is 15.6. The minimum atomic E-state index is 0.0760. The fourth-order valence-corrected chi connectivity index (χ4v) is 1.66. The van der Waals surface area contributed by atoms with Crippen molar-refractivity contribution < 1.29 is 10.2 Å². The zero-order chi connectivity index (χ0) is 12.8. The van der Waals surface area contributed by atoms with Gasteiger partial charge in [0.2, 0.25) is 0 Å². The van der Waals surface area contributed by atoms with Crippen LogP contribution in [0, 0.1) is 0 Å². The first kappa shape index (κ1) is 12.6. The van der Waals surface area contributed by atoms with E-state index in [0.717, 1.165) is 22.3 Å². The number of hydrogen-bond donors (Lipinski definition) is 2. The minimum absolute atomic E-state index is 0.0760. The van der Waals surface area contributed by atoms with Crippen molar-refractivity contribution in [3.05, 3.63) is 70.8 Å². The Morgan fingerprint density at radius 1 is 0.611 bits per heavy atom. The van der Waals surface area contributed by atoms with E-state index < -0.39 is 0 Å². The molecule has 0 amide bonds. The standard InChI is InChI=1S/C16H16O2/c17-11-15-7-3-13(4-8-15)1-2-14-5-9-16(12-18)10-6-14/h1-10,17-18H,11-12H2/b2-1-. The van der Waals surface area contributed by atoms with Gasteiger partial charge in [0.1, 0.15) is 0 Å². The van der Waals surface area contributed by atoms with Gasteiger partial charge in [-0.15, -0.1) is 0 Å². The SMILES string of the molecule is OCc1ccc(/C=C\c2ccc(CO)cc2)cc1. The maximum atomic E-state index is 8.95. The van der Waals surface area contributed by atoms with Gasteiger partial charge in [-0.25, -0.2) is 0 Å². The average molecular weight is 240 g/mol. The molecule has 0 unspecified atom stereocenters. The van der Waals surface area contributed by atoms with Crippen molar-refractivity contribution in [2.75, 3.05) is 0 Å². The van der Waals surface area contributed by atoms with E-state index >= 15 is 0 Å². The monoisotopic (exact) mass is 240 g/mol. The summed E-state index contributed by atoms with van der Waals surface area (Å²) in [5.41, 5.74) is 4.02. The van der Waals surface area contributed by atoms with Crippen molar-refractivity contribution in [1.29, 1.82) is 0 Å². The van der Waals surface area contributed by atoms with Crippen molar-refractivity contribution in [2.24, 2.45) is 0 Å². The maximum Gasteiger partial charge on any atom is 0.0681 e. The first-order valence-corrected chi connectivity index (χ1v) is 5.89. The zero-order valence-corrected chi connectivity index (χ0v) is 10.1. The minimum Gasteiger partial charge on any atom is -0.392 e. The second kappa shape index (κ2) is 6.15. The highest BCUT2D eigenvalue weighted by atomic mass is 16.3. The molecule has 2 nitrogen and oxygen atoms in total. The lowest BCUT2D eigenvalue weighted by atomic mass is 10.1. The molecule has 2 rings (SSSR count). The molecule has 2 aromatic rings. The van der Waals surface area contributed by atoms with Crippen LogP contribution in [-0.4, -0.2) is 10.2 Å². The van der Waals surface area contributed by atoms with E-state index in [1.165, 1.54) is 0 Å². The normalized spacial score (nSPS) is 11.0. The van der Waals surface area contributed by atoms with Crippen molar-refractivity contribution >= 4 is 12.2 Å². The van der Waals surface area contributed by atoms with E-state index in [1.54, 1.807) is 0 Å². The van der Waals surface area contributed by atoms with E-state index in [1.807, 2.05) is 60.7 Å². The van der Waals surface area contributed by atoms with E-state index in [4.69, 9.17) is 10.2 Å². The Morgan fingerprint density at radius 3 is 1.22 bits per heavy atom. The molecule has 0 radical (unpaired) electrons. The lowest BCUT2D eigenvalue weighted by Crippen LogP contribution is -1.82. The van der Waals surface area contributed by atoms with Gasteiger partial charge in [-0.2, -0.15) is 0 Å². The quantitative estimate of drug-likeness (QED) is 0.807. The van der Waals surface area contributed by atoms with Crippen LogP contribution < -0.4 is 0 Å². The van der Waals surface area contributed by atoms with Crippen LogP contribution in [0.3, 0.4) is 0 Å². The predicted molar refractivity (Wildman–Crippen MR) is 73.7 cm³/mol. The van der Waals surface area contributed by atoms with Crippen LogP contribution in [0.5, 0.6) is 0 Å². The largest absolute Gasteiger partial charge is 0.392 e. The van der Waals surface area contributed by atoms with Crippen molar-refractivity contribution in [2.45, 2.75) is 13.2 Å². The van der Waals surface area contributed by atoms with Gasteiger partial charge in [-0.3, -0.25) is 0 Å². The second-order valence-corrected chi connectivity index (χ2v) is 4.13. The third-order valence-corrected chi connectivity index (χ3v) is 2.79. The van der Waals surface area contributed by atoms with Gasteiger partial charge in [0.15, 0.2) is 0 Å². The Hall–Kier alpha value is -1.90. The zero-order valence-electron chi connectivity index (χ0n) is 10.1. The lowest BCUT2D eigenvalue weighted by Gasteiger charge is -1.98. The molecule has 2 N–H and O–H groups in total. The molecule has 2 aromatic carbocycles. The van der Waals surface area contributed by atoms with Crippen LogP contribution in [0.4, 0.5) is 0 Å². The highest BCUT2D eigenvalue weighted by molar-refractivity contribution is 5.69. The molecule has 0 aliphatic carbocycles. The summed E-state index contributed by atoms with van der Waals surface area (Å²) < 4.78 is 0. The first-order chi connectivity index (χ1) is 8.81. The summed E-state index contributed by atoms with van der Waals surface area (Å²) >= 11 is 0. The molecule has 0 saturated carbocycles. The summed E-state index contributed by atoms with van der Waals surface area (Å²) in [5.74, 6) is 0. The number of rotatable bonds is 4. The number of hydrogen-bond acceptors (Lipinski definition) is 2. The van der Waals surface area contributed by atoms with Crippen molar-refractivity contribution in [3.63, 3.8) is 0 Å². The average Bonchev–Trinajstić information content (AvgIpc) is 2.46. The lowest BCUT2D eigenvalue weighted by molar-refractivity contribution is 0.281. The van der Waals surface area contributed by atoms with Crippen LogP contribution in [0.25, 0.3) is 12.2 Å². The molecule has 0 spiro atoms. The molecule has 2 heteroatoms. The third-order valence-electron chi connectivity index (χ3n) is 2.79. The summed E-state index contributed by atoms with van der Waals surface area (Å²) in [4.78, 5) is 0. The molecule has 0 aliphatic rings. The Labute approximate surface area is 107 Å². The molecule has 0 fully saturated rings. The molecule has 0 bridgehead atoms. The summed E-state index contributed by atoms with van der Waals surface area (Å²) in [6.45, 7) is 0.152. The fraction of sp³-hybridized carbons (Fsp3) is 0.125. The second-order valence-electron chi connectivity index (χ2n) is 4.13. The van der Waals surface area contributed by atoms with Gasteiger partial charge < -0.3 is 10.2 Å². The van der Waals surface area contributed by atoms with E-state index in [9.17, 15) is 0 Å². The Kier molecular flexibility index (Phi) is 4.29. The third kappa shape index (κ3) is 3.29. The van der Waals surface area contributed by atoms with Crippen LogP contribution in [0.1, 0.15) is 22.3 Å². The van der Waals surface area contributed by atoms with E-state index in [2.05, 4.69) is 0 Å². The molecular weight excluding hydrogens is 224 g/mol. The van der Waals surface area contributed by atoms with Crippen molar-refractivity contribution in [1.82, 2.24) is 0 Å². The van der Waals surface area contributed by atoms with Crippen LogP contribution >= 0.6 is 0 Å². The highest BCUT2D eigenvalue weighted by Gasteiger charge is 1.92. The number of aliphatic hydroxyl groups is 2. The topological polar surface area (TPSA) is 40.5 Å². The fourth-order valence-electron chi connectivity index (χ4n) is 1.66. The Bertz CT molecular complexity index is 460. The van der Waals surface area contributed by atoms with E-state index in [-0.39, 0.29) is 13.2 Å². The molecule has 18 heavy (non-hydrogen) atoms. The van der Waals surface area contributed by atoms with Crippen LogP contribution in [-0.2, 0) is 13.2 Å². The molecule has 0 atom stereocenters. The van der Waals surface area contributed by atoms with Gasteiger partial charge in [0.05, 0.1) is 13.2 Å². The van der Waals surface area contributed by atoms with Gasteiger partial charge in [0, 0.05) is 0 Å². The predicted octanol–water partition coefficient (Wildman–Crippen LogP) is 2.84. The van der Waals surface area contributed by atoms with E-state index in [0.29, 0.717) is 0 Å². The smallest absolute Gasteiger partial charge is 0.0681 e. The molecule has 0 aromatic heterocycles. The summed E-state index contributed by atoms with van der Waals surface area (Å²) in [5, 5.41) is 17.9. The highest BCUT2D eigenvalue weighted by Crippen LogP contribution is 2.11. The molecular formula is C16H16O2. The molecule has 0 heterocycles. The Balaban J connectivity index is 2.08. The van der Waals surface area contributed by atoms with Crippen molar-refractivity contribution in [3.8, 4) is 0 Å². The maximum absolute atomic E-state index is 8.95. The summed E-state index contributed by atoms with van der Waals surface area (Å²) in [6.07, 6.45) is 4.05. The van der Waals surface area contributed by atoms with Gasteiger partial charge in [0.25, 0.3) is 0 Å². The van der Waals surface area contributed by atoms with Gasteiger partial charge in [-0.1, -0.05) is 60.7 Å². The van der Waals surface area contributed by atoms with Crippen LogP contribution in [0.2, 0.25) is 0 Å². The summed E-state index contributed by atoms with van der Waals surface area (Å²) in [7, 11) is 0. The molecule has 0 saturated heterocycles. The number of benzene rings is 2. The number of aliphatic hydroxyl groups excluding tert-OH is 2. The Morgan fingerprint density at radius 2 is 0.944 bits per heavy atom. The van der Waals surface area contributed by atoms with Crippen LogP contribution in [0.15, 0.2) is 48.5 Å². The first-order valence-electron chi connectivity index (χ1n) is 5.89. The van der Waals surface area contributed by atoms with Gasteiger partial charge in [-0.05, 0) is 22.3 Å². The van der Waals surface area contributed by atoms with Gasteiger partial charge >= 0.3 is 0 Å². The molecule has 0 aliphatic heterocycles.